The molecule has 2 atom stereocenters. The van der Waals surface area contributed by atoms with Crippen molar-refractivity contribution in [1.82, 2.24) is 4.90 Å². The van der Waals surface area contributed by atoms with E-state index >= 15 is 0 Å². The number of benzene rings is 1. The lowest BCUT2D eigenvalue weighted by Gasteiger charge is -2.39. The van der Waals surface area contributed by atoms with Gasteiger partial charge in [0.2, 0.25) is 0 Å². The number of rotatable bonds is 1. The van der Waals surface area contributed by atoms with E-state index in [-0.39, 0.29) is 18.2 Å². The van der Waals surface area contributed by atoms with Gasteiger partial charge in [0.05, 0.1) is 6.04 Å². The summed E-state index contributed by atoms with van der Waals surface area (Å²) in [6.45, 7) is 8.19. The Morgan fingerprint density at radius 3 is 2.68 bits per heavy atom. The van der Waals surface area contributed by atoms with Crippen molar-refractivity contribution in [3.05, 3.63) is 34.3 Å². The van der Waals surface area contributed by atoms with Crippen molar-refractivity contribution in [2.45, 2.75) is 58.2 Å². The number of likely N-dealkylation sites (tertiary alicyclic amines) is 1. The van der Waals surface area contributed by atoms with Crippen molar-refractivity contribution in [3.63, 3.8) is 0 Å². The molecule has 2 N–H and O–H groups in total. The Morgan fingerprint density at radius 2 is 2.09 bits per heavy atom. The Balaban J connectivity index is 2.26. The van der Waals surface area contributed by atoms with Gasteiger partial charge in [0.15, 0.2) is 0 Å². The fourth-order valence-electron chi connectivity index (χ4n) is 2.66. The van der Waals surface area contributed by atoms with Crippen LogP contribution in [0.15, 0.2) is 18.2 Å². The average molecular weight is 325 g/mol. The molecular formula is C17H25ClN2O2. The first kappa shape index (κ1) is 17.1. The van der Waals surface area contributed by atoms with Crippen LogP contribution < -0.4 is 5.73 Å². The van der Waals surface area contributed by atoms with E-state index in [4.69, 9.17) is 22.1 Å². The Bertz CT molecular complexity index is 554. The molecule has 1 amide bonds. The molecule has 1 aliphatic rings. The van der Waals surface area contributed by atoms with Crippen molar-refractivity contribution in [2.75, 3.05) is 6.54 Å². The summed E-state index contributed by atoms with van der Waals surface area (Å²) in [5.41, 5.74) is 7.63. The fourth-order valence-corrected chi connectivity index (χ4v) is 2.85. The van der Waals surface area contributed by atoms with Crippen LogP contribution in [0.25, 0.3) is 0 Å². The Kier molecular flexibility index (Phi) is 5.03. The summed E-state index contributed by atoms with van der Waals surface area (Å²) in [5, 5.41) is 0.709. The van der Waals surface area contributed by atoms with Gasteiger partial charge in [0.25, 0.3) is 0 Å². The van der Waals surface area contributed by atoms with Gasteiger partial charge in [0.1, 0.15) is 5.60 Å². The van der Waals surface area contributed by atoms with E-state index < -0.39 is 5.60 Å². The van der Waals surface area contributed by atoms with Crippen LogP contribution in [0.1, 0.15) is 50.8 Å². The molecule has 22 heavy (non-hydrogen) atoms. The third kappa shape index (κ3) is 4.14. The maximum Gasteiger partial charge on any atom is 0.410 e. The van der Waals surface area contributed by atoms with Gasteiger partial charge in [0, 0.05) is 17.6 Å². The zero-order valence-corrected chi connectivity index (χ0v) is 14.5. The lowest BCUT2D eigenvalue weighted by Crippen LogP contribution is -2.46. The summed E-state index contributed by atoms with van der Waals surface area (Å²) in [6, 6.07) is 5.92. The second kappa shape index (κ2) is 6.47. The third-order valence-corrected chi connectivity index (χ3v) is 4.26. The highest BCUT2D eigenvalue weighted by Gasteiger charge is 2.34. The molecule has 2 unspecified atom stereocenters. The van der Waals surface area contributed by atoms with Gasteiger partial charge >= 0.3 is 6.09 Å². The van der Waals surface area contributed by atoms with E-state index in [1.54, 1.807) is 4.90 Å². The van der Waals surface area contributed by atoms with E-state index in [0.29, 0.717) is 11.6 Å². The van der Waals surface area contributed by atoms with E-state index in [9.17, 15) is 4.79 Å². The summed E-state index contributed by atoms with van der Waals surface area (Å²) in [6.07, 6.45) is 1.22. The minimum atomic E-state index is -0.508. The number of nitrogens with two attached hydrogens (primary N) is 1. The molecule has 1 aromatic rings. The van der Waals surface area contributed by atoms with Gasteiger partial charge in [-0.25, -0.2) is 4.79 Å². The molecule has 4 nitrogen and oxygen atoms in total. The number of ether oxygens (including phenoxy) is 1. The first-order chi connectivity index (χ1) is 10.2. The zero-order valence-electron chi connectivity index (χ0n) is 13.7. The minimum absolute atomic E-state index is 0.0864. The maximum absolute atomic E-state index is 12.5. The highest BCUT2D eigenvalue weighted by molar-refractivity contribution is 6.31. The molecule has 2 rings (SSSR count). The molecule has 0 aliphatic carbocycles. The quantitative estimate of drug-likeness (QED) is 0.848. The van der Waals surface area contributed by atoms with E-state index in [0.717, 1.165) is 24.0 Å². The van der Waals surface area contributed by atoms with Gasteiger partial charge in [-0.2, -0.15) is 0 Å². The van der Waals surface area contributed by atoms with Crippen molar-refractivity contribution in [3.8, 4) is 0 Å². The third-order valence-electron chi connectivity index (χ3n) is 3.85. The lowest BCUT2D eigenvalue weighted by molar-refractivity contribution is 0.00797. The second-order valence-corrected chi connectivity index (χ2v) is 7.39. The van der Waals surface area contributed by atoms with Crippen LogP contribution in [0, 0.1) is 6.92 Å². The first-order valence-corrected chi connectivity index (χ1v) is 8.06. The van der Waals surface area contributed by atoms with Gasteiger partial charge in [-0.05, 0) is 57.7 Å². The topological polar surface area (TPSA) is 55.6 Å². The number of amides is 1. The van der Waals surface area contributed by atoms with E-state index in [1.165, 1.54) is 0 Å². The summed E-state index contributed by atoms with van der Waals surface area (Å²) >= 11 is 6.24. The normalized spacial score (nSPS) is 22.5. The van der Waals surface area contributed by atoms with E-state index in [1.807, 2.05) is 45.9 Å². The molecule has 0 spiro atoms. The standard InChI is InChI=1S/C17H25ClN2O2/c1-11-5-6-12(9-14(11)18)15-10-13(19)7-8-20(15)16(21)22-17(2,3)4/h5-6,9,13,15H,7-8,10,19H2,1-4H3. The van der Waals surface area contributed by atoms with Crippen molar-refractivity contribution < 1.29 is 9.53 Å². The smallest absolute Gasteiger partial charge is 0.410 e. The molecule has 5 heteroatoms. The number of hydrogen-bond donors (Lipinski definition) is 1. The predicted octanol–water partition coefficient (Wildman–Crippen LogP) is 4.05. The molecular weight excluding hydrogens is 300 g/mol. The van der Waals surface area contributed by atoms with Gasteiger partial charge in [-0.15, -0.1) is 0 Å². The van der Waals surface area contributed by atoms with Crippen LogP contribution in [0.5, 0.6) is 0 Å². The second-order valence-electron chi connectivity index (χ2n) is 6.98. The van der Waals surface area contributed by atoms with Crippen LogP contribution in [-0.2, 0) is 4.74 Å². The van der Waals surface area contributed by atoms with Crippen LogP contribution in [0.2, 0.25) is 5.02 Å². The molecule has 122 valence electrons. The summed E-state index contributed by atoms with van der Waals surface area (Å²) in [7, 11) is 0. The number of nitrogens with zero attached hydrogens (tertiary/aromatic N) is 1. The molecule has 1 aromatic carbocycles. The van der Waals surface area contributed by atoms with Gasteiger partial charge < -0.3 is 15.4 Å². The monoisotopic (exact) mass is 324 g/mol. The molecule has 1 heterocycles. The number of halogens is 1. The van der Waals surface area contributed by atoms with Gasteiger partial charge in [-0.1, -0.05) is 23.7 Å². The number of hydrogen-bond acceptors (Lipinski definition) is 3. The van der Waals surface area contributed by atoms with Crippen LogP contribution in [-0.4, -0.2) is 29.2 Å². The molecule has 1 fully saturated rings. The highest BCUT2D eigenvalue weighted by atomic mass is 35.5. The Morgan fingerprint density at radius 1 is 1.41 bits per heavy atom. The zero-order chi connectivity index (χ0) is 16.5. The summed E-state index contributed by atoms with van der Waals surface area (Å²) in [4.78, 5) is 14.3. The van der Waals surface area contributed by atoms with Crippen molar-refractivity contribution in [1.29, 1.82) is 0 Å². The summed E-state index contributed by atoms with van der Waals surface area (Å²) in [5.74, 6) is 0. The molecule has 1 saturated heterocycles. The Hall–Kier alpha value is -1.26. The van der Waals surface area contributed by atoms with Crippen LogP contribution in [0.3, 0.4) is 0 Å². The largest absolute Gasteiger partial charge is 0.444 e. The molecule has 0 radical (unpaired) electrons. The van der Waals surface area contributed by atoms with Crippen LogP contribution >= 0.6 is 11.6 Å². The molecule has 0 saturated carbocycles. The van der Waals surface area contributed by atoms with Gasteiger partial charge in [-0.3, -0.25) is 0 Å². The molecule has 0 bridgehead atoms. The SMILES string of the molecule is Cc1ccc(C2CC(N)CCN2C(=O)OC(C)(C)C)cc1Cl. The lowest BCUT2D eigenvalue weighted by atomic mass is 9.92. The van der Waals surface area contributed by atoms with E-state index in [2.05, 4.69) is 0 Å². The first-order valence-electron chi connectivity index (χ1n) is 7.68. The minimum Gasteiger partial charge on any atom is -0.444 e. The predicted molar refractivity (Wildman–Crippen MR) is 89.1 cm³/mol. The molecule has 0 aromatic heterocycles. The number of aryl methyl sites for hydroxylation is 1. The number of piperidine rings is 1. The van der Waals surface area contributed by atoms with Crippen molar-refractivity contribution >= 4 is 17.7 Å². The molecule has 1 aliphatic heterocycles. The van der Waals surface area contributed by atoms with Crippen LogP contribution in [0.4, 0.5) is 4.79 Å². The fraction of sp³-hybridized carbons (Fsp3) is 0.588. The highest BCUT2D eigenvalue weighted by Crippen LogP contribution is 2.33. The average Bonchev–Trinajstić information content (AvgIpc) is 2.39. The maximum atomic E-state index is 12.5. The number of carbonyl (C=O) groups excluding carboxylic acids is 1. The summed E-state index contributed by atoms with van der Waals surface area (Å²) < 4.78 is 5.53. The van der Waals surface area contributed by atoms with Crippen molar-refractivity contribution in [2.24, 2.45) is 5.73 Å². The number of carbonyl (C=O) groups is 1. The Labute approximate surface area is 137 Å².